The van der Waals surface area contributed by atoms with Crippen molar-refractivity contribution in [1.29, 1.82) is 0 Å². The molecule has 3 aromatic heterocycles. The van der Waals surface area contributed by atoms with Crippen LogP contribution in [0.3, 0.4) is 0 Å². The van der Waals surface area contributed by atoms with Crippen molar-refractivity contribution in [1.82, 2.24) is 24.7 Å². The van der Waals surface area contributed by atoms with Gasteiger partial charge in [0.05, 0.1) is 11.4 Å². The van der Waals surface area contributed by atoms with Gasteiger partial charge in [0.25, 0.3) is 0 Å². The second kappa shape index (κ2) is 5.26. The minimum Gasteiger partial charge on any atom is -0.360 e. The summed E-state index contributed by atoms with van der Waals surface area (Å²) in [6.07, 6.45) is 1.67. The molecule has 9 heteroatoms. The Labute approximate surface area is 125 Å². The standard InChI is InChI=1S/C12H16N8S/c1-6-4-8-9(16-12(18-13)17-11(8)21-6)15-7(2)10-19-14-5-20(10)3/h4-5,7H,13H2,1-3H3,(H2,15,16,17,18). The summed E-state index contributed by atoms with van der Waals surface area (Å²) in [5.41, 5.74) is 2.50. The number of nitrogen functional groups attached to an aromatic ring is 1. The van der Waals surface area contributed by atoms with Gasteiger partial charge in [-0.25, -0.2) is 10.8 Å². The Balaban J connectivity index is 2.01. The van der Waals surface area contributed by atoms with Crippen LogP contribution in [0.5, 0.6) is 0 Å². The molecule has 0 aliphatic rings. The Bertz CT molecular complexity index is 777. The highest BCUT2D eigenvalue weighted by Gasteiger charge is 2.16. The average Bonchev–Trinajstić information content (AvgIpc) is 3.03. The lowest BCUT2D eigenvalue weighted by Gasteiger charge is -2.14. The first-order valence-corrected chi connectivity index (χ1v) is 7.25. The number of thiophene rings is 1. The summed E-state index contributed by atoms with van der Waals surface area (Å²) in [6.45, 7) is 4.05. The van der Waals surface area contributed by atoms with E-state index in [1.165, 1.54) is 4.88 Å². The van der Waals surface area contributed by atoms with E-state index in [0.717, 1.165) is 21.9 Å². The van der Waals surface area contributed by atoms with Gasteiger partial charge in [-0.05, 0) is 19.9 Å². The summed E-state index contributed by atoms with van der Waals surface area (Å²) < 4.78 is 1.87. The van der Waals surface area contributed by atoms with E-state index < -0.39 is 0 Å². The highest BCUT2D eigenvalue weighted by Crippen LogP contribution is 2.31. The van der Waals surface area contributed by atoms with Gasteiger partial charge in [0.15, 0.2) is 5.82 Å². The summed E-state index contributed by atoms with van der Waals surface area (Å²) in [6, 6.07) is 2.02. The summed E-state index contributed by atoms with van der Waals surface area (Å²) >= 11 is 1.60. The van der Waals surface area contributed by atoms with E-state index in [1.807, 2.05) is 25.5 Å². The molecule has 3 aromatic rings. The third-order valence-corrected chi connectivity index (χ3v) is 4.08. The lowest BCUT2D eigenvalue weighted by atomic mass is 10.3. The Morgan fingerprint density at radius 1 is 1.38 bits per heavy atom. The third kappa shape index (κ3) is 2.52. The summed E-state index contributed by atoms with van der Waals surface area (Å²) in [5.74, 6) is 7.39. The predicted molar refractivity (Wildman–Crippen MR) is 83.0 cm³/mol. The van der Waals surface area contributed by atoms with Crippen LogP contribution in [0.1, 0.15) is 23.7 Å². The predicted octanol–water partition coefficient (Wildman–Crippen LogP) is 1.59. The number of aryl methyl sites for hydroxylation is 2. The van der Waals surface area contributed by atoms with Gasteiger partial charge >= 0.3 is 0 Å². The monoisotopic (exact) mass is 304 g/mol. The minimum atomic E-state index is -0.0403. The van der Waals surface area contributed by atoms with E-state index in [1.54, 1.807) is 17.7 Å². The van der Waals surface area contributed by atoms with Crippen molar-refractivity contribution in [2.24, 2.45) is 12.9 Å². The maximum atomic E-state index is 5.44. The van der Waals surface area contributed by atoms with Gasteiger partial charge in [-0.15, -0.1) is 21.5 Å². The van der Waals surface area contributed by atoms with E-state index >= 15 is 0 Å². The van der Waals surface area contributed by atoms with E-state index in [2.05, 4.69) is 37.0 Å². The number of anilines is 2. The molecule has 0 spiro atoms. The largest absolute Gasteiger partial charge is 0.360 e. The van der Waals surface area contributed by atoms with Crippen LogP contribution in [0, 0.1) is 6.92 Å². The number of hydrogen-bond acceptors (Lipinski definition) is 8. The van der Waals surface area contributed by atoms with Crippen molar-refractivity contribution < 1.29 is 0 Å². The molecule has 8 nitrogen and oxygen atoms in total. The van der Waals surface area contributed by atoms with Crippen molar-refractivity contribution in [3.8, 4) is 0 Å². The number of nitrogens with one attached hydrogen (secondary N) is 2. The van der Waals surface area contributed by atoms with Crippen LogP contribution in [0.15, 0.2) is 12.4 Å². The molecule has 0 aliphatic carbocycles. The second-order valence-corrected chi connectivity index (χ2v) is 6.02. The molecule has 0 fully saturated rings. The van der Waals surface area contributed by atoms with Gasteiger partial charge in [0.1, 0.15) is 17.0 Å². The minimum absolute atomic E-state index is 0.0403. The quantitative estimate of drug-likeness (QED) is 0.496. The molecule has 110 valence electrons. The Kier molecular flexibility index (Phi) is 3.43. The van der Waals surface area contributed by atoms with E-state index in [-0.39, 0.29) is 6.04 Å². The first-order valence-electron chi connectivity index (χ1n) is 6.43. The van der Waals surface area contributed by atoms with E-state index in [0.29, 0.717) is 5.95 Å². The average molecular weight is 304 g/mol. The molecular formula is C12H16N8S. The first-order chi connectivity index (χ1) is 10.1. The van der Waals surface area contributed by atoms with Crippen LogP contribution in [-0.2, 0) is 7.05 Å². The van der Waals surface area contributed by atoms with Crippen molar-refractivity contribution in [2.75, 3.05) is 10.7 Å². The van der Waals surface area contributed by atoms with Crippen LogP contribution < -0.4 is 16.6 Å². The number of aromatic nitrogens is 5. The molecule has 1 unspecified atom stereocenters. The van der Waals surface area contributed by atoms with Crippen molar-refractivity contribution >= 4 is 33.3 Å². The maximum absolute atomic E-state index is 5.44. The summed E-state index contributed by atoms with van der Waals surface area (Å²) in [7, 11) is 1.91. The fourth-order valence-corrected chi connectivity index (χ4v) is 3.05. The first kappa shape index (κ1) is 13.7. The fourth-order valence-electron chi connectivity index (χ4n) is 2.17. The van der Waals surface area contributed by atoms with Crippen molar-refractivity contribution in [3.63, 3.8) is 0 Å². The molecule has 4 N–H and O–H groups in total. The zero-order valence-electron chi connectivity index (χ0n) is 12.0. The number of fused-ring (bicyclic) bond motifs is 1. The van der Waals surface area contributed by atoms with E-state index in [9.17, 15) is 0 Å². The van der Waals surface area contributed by atoms with Crippen LogP contribution >= 0.6 is 11.3 Å². The van der Waals surface area contributed by atoms with Gasteiger partial charge in [0, 0.05) is 11.9 Å². The fraction of sp³-hybridized carbons (Fsp3) is 0.333. The molecule has 21 heavy (non-hydrogen) atoms. The van der Waals surface area contributed by atoms with Crippen LogP contribution in [0.2, 0.25) is 0 Å². The molecule has 3 heterocycles. The van der Waals surface area contributed by atoms with E-state index in [4.69, 9.17) is 5.84 Å². The van der Waals surface area contributed by atoms with Gasteiger partial charge < -0.3 is 9.88 Å². The molecule has 3 rings (SSSR count). The van der Waals surface area contributed by atoms with Crippen LogP contribution in [0.4, 0.5) is 11.8 Å². The van der Waals surface area contributed by atoms with Crippen LogP contribution in [0.25, 0.3) is 10.2 Å². The highest BCUT2D eigenvalue weighted by atomic mass is 32.1. The Morgan fingerprint density at radius 3 is 2.86 bits per heavy atom. The maximum Gasteiger partial charge on any atom is 0.240 e. The lowest BCUT2D eigenvalue weighted by Crippen LogP contribution is -2.15. The molecule has 0 amide bonds. The van der Waals surface area contributed by atoms with Gasteiger partial charge in [-0.2, -0.15) is 4.98 Å². The zero-order valence-corrected chi connectivity index (χ0v) is 12.8. The molecule has 0 aliphatic heterocycles. The second-order valence-electron chi connectivity index (χ2n) is 4.78. The number of nitrogens with two attached hydrogens (primary N) is 1. The third-order valence-electron chi connectivity index (χ3n) is 3.13. The Hall–Kier alpha value is -2.26. The SMILES string of the molecule is Cc1cc2c(NC(C)c3nncn3C)nc(NN)nc2s1. The topological polar surface area (TPSA) is 107 Å². The molecule has 0 bridgehead atoms. The Morgan fingerprint density at radius 2 is 2.19 bits per heavy atom. The number of hydrazine groups is 1. The molecule has 1 atom stereocenters. The molecule has 0 radical (unpaired) electrons. The van der Waals surface area contributed by atoms with Gasteiger partial charge in [-0.3, -0.25) is 5.43 Å². The molecular weight excluding hydrogens is 288 g/mol. The number of rotatable bonds is 4. The van der Waals surface area contributed by atoms with Crippen molar-refractivity contribution in [2.45, 2.75) is 19.9 Å². The summed E-state index contributed by atoms with van der Waals surface area (Å²) in [4.78, 5) is 10.8. The van der Waals surface area contributed by atoms with Crippen molar-refractivity contribution in [3.05, 3.63) is 23.1 Å². The smallest absolute Gasteiger partial charge is 0.240 e. The number of nitrogens with zero attached hydrogens (tertiary/aromatic N) is 5. The number of hydrogen-bond donors (Lipinski definition) is 3. The van der Waals surface area contributed by atoms with Gasteiger partial charge in [0.2, 0.25) is 5.95 Å². The van der Waals surface area contributed by atoms with Crippen LogP contribution in [-0.4, -0.2) is 24.7 Å². The zero-order chi connectivity index (χ0) is 15.0. The van der Waals surface area contributed by atoms with Gasteiger partial charge in [-0.1, -0.05) is 0 Å². The molecule has 0 aromatic carbocycles. The summed E-state index contributed by atoms with van der Waals surface area (Å²) in [5, 5.41) is 12.3. The molecule has 0 saturated heterocycles. The highest BCUT2D eigenvalue weighted by molar-refractivity contribution is 7.18. The lowest BCUT2D eigenvalue weighted by molar-refractivity contribution is 0.717. The molecule has 0 saturated carbocycles. The normalized spacial score (nSPS) is 12.6.